The second-order valence-corrected chi connectivity index (χ2v) is 5.27. The molecule has 0 spiro atoms. The lowest BCUT2D eigenvalue weighted by Gasteiger charge is -2.08. The van der Waals surface area contributed by atoms with E-state index < -0.39 is 0 Å². The zero-order valence-electron chi connectivity index (χ0n) is 11.0. The van der Waals surface area contributed by atoms with E-state index in [4.69, 9.17) is 10.5 Å². The number of rotatable bonds is 4. The molecule has 0 aliphatic carbocycles. The normalized spacial score (nSPS) is 10.1. The number of benzene rings is 2. The largest absolute Gasteiger partial charge is 0.497 e. The van der Waals surface area contributed by atoms with Gasteiger partial charge in [-0.15, -0.1) is 0 Å². The lowest BCUT2D eigenvalue weighted by Crippen LogP contribution is -2.14. The third-order valence-corrected chi connectivity index (χ3v) is 3.16. The van der Waals surface area contributed by atoms with Crippen LogP contribution in [0.3, 0.4) is 0 Å². The van der Waals surface area contributed by atoms with Gasteiger partial charge in [-0.3, -0.25) is 4.79 Å². The first-order chi connectivity index (χ1) is 9.56. The van der Waals surface area contributed by atoms with Crippen molar-refractivity contribution >= 4 is 33.2 Å². The fraction of sp³-hybridized carbons (Fsp3) is 0.133. The molecule has 0 bridgehead atoms. The Morgan fingerprint density at radius 1 is 1.30 bits per heavy atom. The minimum Gasteiger partial charge on any atom is -0.497 e. The van der Waals surface area contributed by atoms with Crippen LogP contribution < -0.4 is 15.8 Å². The van der Waals surface area contributed by atoms with Gasteiger partial charge in [-0.1, -0.05) is 28.1 Å². The molecule has 3 N–H and O–H groups in total. The van der Waals surface area contributed by atoms with Crippen LogP contribution in [-0.4, -0.2) is 13.0 Å². The standard InChI is InChI=1S/C15H15BrN2O2/c1-20-14-8-11(16)7-13(9-14)18-15(19)6-10-3-2-4-12(17)5-10/h2-5,7-9H,6,17H2,1H3,(H,18,19). The van der Waals surface area contributed by atoms with Gasteiger partial charge in [-0.25, -0.2) is 0 Å². The van der Waals surface area contributed by atoms with E-state index in [1.165, 1.54) is 0 Å². The molecule has 2 aromatic carbocycles. The Morgan fingerprint density at radius 2 is 2.10 bits per heavy atom. The number of carbonyl (C=O) groups is 1. The molecule has 4 nitrogen and oxygen atoms in total. The van der Waals surface area contributed by atoms with Crippen molar-refractivity contribution in [3.8, 4) is 5.75 Å². The molecule has 0 fully saturated rings. The molecule has 2 rings (SSSR count). The van der Waals surface area contributed by atoms with Crippen molar-refractivity contribution in [2.75, 3.05) is 18.2 Å². The average Bonchev–Trinajstić information content (AvgIpc) is 2.37. The number of ether oxygens (including phenoxy) is 1. The number of methoxy groups -OCH3 is 1. The van der Waals surface area contributed by atoms with Crippen molar-refractivity contribution in [3.05, 3.63) is 52.5 Å². The van der Waals surface area contributed by atoms with Gasteiger partial charge < -0.3 is 15.8 Å². The number of carbonyl (C=O) groups excluding carboxylic acids is 1. The molecule has 0 saturated carbocycles. The van der Waals surface area contributed by atoms with Crippen molar-refractivity contribution in [2.24, 2.45) is 0 Å². The molecule has 2 aromatic rings. The molecule has 0 saturated heterocycles. The summed E-state index contributed by atoms with van der Waals surface area (Å²) < 4.78 is 6.00. The fourth-order valence-electron chi connectivity index (χ4n) is 1.85. The van der Waals surface area contributed by atoms with Crippen LogP contribution in [0.2, 0.25) is 0 Å². The van der Waals surface area contributed by atoms with Crippen LogP contribution in [0.4, 0.5) is 11.4 Å². The summed E-state index contributed by atoms with van der Waals surface area (Å²) in [4.78, 5) is 12.0. The first kappa shape index (κ1) is 14.4. The molecule has 0 aliphatic heterocycles. The molecule has 104 valence electrons. The highest BCUT2D eigenvalue weighted by Gasteiger charge is 2.06. The van der Waals surface area contributed by atoms with Crippen LogP contribution in [0.25, 0.3) is 0 Å². The molecular weight excluding hydrogens is 320 g/mol. The van der Waals surface area contributed by atoms with E-state index in [9.17, 15) is 4.79 Å². The number of nitrogens with one attached hydrogen (secondary N) is 1. The summed E-state index contributed by atoms with van der Waals surface area (Å²) in [5.74, 6) is 0.578. The number of nitrogens with two attached hydrogens (primary N) is 1. The van der Waals surface area contributed by atoms with Crippen molar-refractivity contribution < 1.29 is 9.53 Å². The maximum atomic E-state index is 12.0. The maximum Gasteiger partial charge on any atom is 0.228 e. The molecule has 5 heteroatoms. The molecule has 0 radical (unpaired) electrons. The summed E-state index contributed by atoms with van der Waals surface area (Å²) in [5.41, 5.74) is 7.91. The lowest BCUT2D eigenvalue weighted by molar-refractivity contribution is -0.115. The number of hydrogen-bond donors (Lipinski definition) is 2. The first-order valence-electron chi connectivity index (χ1n) is 6.05. The van der Waals surface area contributed by atoms with Crippen LogP contribution in [0.5, 0.6) is 5.75 Å². The summed E-state index contributed by atoms with van der Waals surface area (Å²) >= 11 is 3.37. The highest BCUT2D eigenvalue weighted by atomic mass is 79.9. The van der Waals surface area contributed by atoms with E-state index in [1.807, 2.05) is 24.3 Å². The zero-order chi connectivity index (χ0) is 14.5. The van der Waals surface area contributed by atoms with Crippen molar-refractivity contribution in [1.29, 1.82) is 0 Å². The average molecular weight is 335 g/mol. The van der Waals surface area contributed by atoms with Gasteiger partial charge >= 0.3 is 0 Å². The number of amides is 1. The van der Waals surface area contributed by atoms with Crippen LogP contribution in [-0.2, 0) is 11.2 Å². The van der Waals surface area contributed by atoms with Crippen molar-refractivity contribution in [3.63, 3.8) is 0 Å². The van der Waals surface area contributed by atoms with E-state index in [0.717, 1.165) is 10.0 Å². The van der Waals surface area contributed by atoms with Gasteiger partial charge in [-0.05, 0) is 29.8 Å². The first-order valence-corrected chi connectivity index (χ1v) is 6.85. The summed E-state index contributed by atoms with van der Waals surface area (Å²) in [5, 5.41) is 2.84. The summed E-state index contributed by atoms with van der Waals surface area (Å²) in [6.07, 6.45) is 0.278. The van der Waals surface area contributed by atoms with E-state index in [-0.39, 0.29) is 12.3 Å². The number of hydrogen-bond acceptors (Lipinski definition) is 3. The van der Waals surface area contributed by atoms with E-state index in [1.54, 1.807) is 25.3 Å². The molecule has 0 atom stereocenters. The minimum absolute atomic E-state index is 0.101. The molecular formula is C15H15BrN2O2. The molecule has 0 aliphatic rings. The smallest absolute Gasteiger partial charge is 0.228 e. The predicted molar refractivity (Wildman–Crippen MR) is 83.9 cm³/mol. The summed E-state index contributed by atoms with van der Waals surface area (Å²) in [7, 11) is 1.58. The van der Waals surface area contributed by atoms with Crippen LogP contribution >= 0.6 is 15.9 Å². The van der Waals surface area contributed by atoms with Crippen molar-refractivity contribution in [1.82, 2.24) is 0 Å². The van der Waals surface area contributed by atoms with Gasteiger partial charge in [0, 0.05) is 21.9 Å². The second-order valence-electron chi connectivity index (χ2n) is 4.35. The molecule has 0 unspecified atom stereocenters. The van der Waals surface area contributed by atoms with Crippen LogP contribution in [0.1, 0.15) is 5.56 Å². The second kappa shape index (κ2) is 6.43. The van der Waals surface area contributed by atoms with Gasteiger partial charge in [0.15, 0.2) is 0 Å². The minimum atomic E-state index is -0.101. The van der Waals surface area contributed by atoms with Gasteiger partial charge in [0.25, 0.3) is 0 Å². The van der Waals surface area contributed by atoms with E-state index >= 15 is 0 Å². The Morgan fingerprint density at radius 3 is 2.80 bits per heavy atom. The maximum absolute atomic E-state index is 12.0. The van der Waals surface area contributed by atoms with Gasteiger partial charge in [0.2, 0.25) is 5.91 Å². The Labute approximate surface area is 126 Å². The highest BCUT2D eigenvalue weighted by Crippen LogP contribution is 2.24. The van der Waals surface area contributed by atoms with E-state index in [0.29, 0.717) is 17.1 Å². The fourth-order valence-corrected chi connectivity index (χ4v) is 2.32. The third-order valence-electron chi connectivity index (χ3n) is 2.71. The summed E-state index contributed by atoms with van der Waals surface area (Å²) in [6.45, 7) is 0. The topological polar surface area (TPSA) is 64.3 Å². The third kappa shape index (κ3) is 3.99. The molecule has 0 heterocycles. The highest BCUT2D eigenvalue weighted by molar-refractivity contribution is 9.10. The van der Waals surface area contributed by atoms with E-state index in [2.05, 4.69) is 21.2 Å². The number of anilines is 2. The monoisotopic (exact) mass is 334 g/mol. The Bertz CT molecular complexity index is 629. The van der Waals surface area contributed by atoms with Gasteiger partial charge in [0.05, 0.1) is 13.5 Å². The van der Waals surface area contributed by atoms with Crippen LogP contribution in [0.15, 0.2) is 46.9 Å². The molecule has 0 aromatic heterocycles. The summed E-state index contributed by atoms with van der Waals surface area (Å²) in [6, 6.07) is 12.7. The molecule has 1 amide bonds. The van der Waals surface area contributed by atoms with Gasteiger partial charge in [0.1, 0.15) is 5.75 Å². The van der Waals surface area contributed by atoms with Gasteiger partial charge in [-0.2, -0.15) is 0 Å². The quantitative estimate of drug-likeness (QED) is 0.843. The number of nitrogen functional groups attached to an aromatic ring is 1. The lowest BCUT2D eigenvalue weighted by atomic mass is 10.1. The Hall–Kier alpha value is -2.01. The molecule has 20 heavy (non-hydrogen) atoms. The SMILES string of the molecule is COc1cc(Br)cc(NC(=O)Cc2cccc(N)c2)c1. The Balaban J connectivity index is 2.06. The zero-order valence-corrected chi connectivity index (χ0v) is 12.6. The van der Waals surface area contributed by atoms with Crippen LogP contribution in [0, 0.1) is 0 Å². The number of halogens is 1. The van der Waals surface area contributed by atoms with Crippen molar-refractivity contribution in [2.45, 2.75) is 6.42 Å². The predicted octanol–water partition coefficient (Wildman–Crippen LogP) is 3.22. The Kier molecular flexibility index (Phi) is 4.63.